The minimum atomic E-state index is -0.293. The van der Waals surface area contributed by atoms with Crippen molar-refractivity contribution < 1.29 is 9.21 Å². The van der Waals surface area contributed by atoms with Crippen LogP contribution in [0.4, 0.5) is 0 Å². The number of benzene rings is 2. The highest BCUT2D eigenvalue weighted by Crippen LogP contribution is 2.28. The third kappa shape index (κ3) is 5.22. The van der Waals surface area contributed by atoms with Crippen LogP contribution in [0.5, 0.6) is 0 Å². The lowest BCUT2D eigenvalue weighted by atomic mass is 10.2. The average Bonchev–Trinajstić information content (AvgIpc) is 3.23. The summed E-state index contributed by atoms with van der Waals surface area (Å²) in [5, 5.41) is 8.84. The SMILES string of the molecule is C[C@@H](Sc1nnc(-c2cccc(Cl)c2)o1)C(=O)N1CCN(Cc2ccccc2)CC1. The number of piperazine rings is 1. The first-order chi connectivity index (χ1) is 14.6. The molecule has 0 unspecified atom stereocenters. The zero-order chi connectivity index (χ0) is 20.9. The number of aromatic nitrogens is 2. The van der Waals surface area contributed by atoms with E-state index in [1.54, 1.807) is 12.1 Å². The van der Waals surface area contributed by atoms with Gasteiger partial charge in [-0.25, -0.2) is 0 Å². The quantitative estimate of drug-likeness (QED) is 0.533. The van der Waals surface area contributed by atoms with Crippen molar-refractivity contribution >= 4 is 29.3 Å². The molecule has 6 nitrogen and oxygen atoms in total. The van der Waals surface area contributed by atoms with Gasteiger partial charge in [-0.15, -0.1) is 10.2 Å². The molecule has 1 aliphatic rings. The zero-order valence-corrected chi connectivity index (χ0v) is 18.3. The Hall–Kier alpha value is -2.35. The third-order valence-electron chi connectivity index (χ3n) is 5.04. The smallest absolute Gasteiger partial charge is 0.277 e. The Morgan fingerprint density at radius 2 is 1.87 bits per heavy atom. The fraction of sp³-hybridized carbons (Fsp3) is 0.318. The van der Waals surface area contributed by atoms with E-state index in [9.17, 15) is 4.79 Å². The molecule has 0 spiro atoms. The molecule has 1 fully saturated rings. The summed E-state index contributed by atoms with van der Waals surface area (Å²) >= 11 is 7.31. The fourth-order valence-corrected chi connectivity index (χ4v) is 4.38. The lowest BCUT2D eigenvalue weighted by Gasteiger charge is -2.35. The summed E-state index contributed by atoms with van der Waals surface area (Å²) in [6, 6.07) is 17.7. The van der Waals surface area contributed by atoms with Gasteiger partial charge in [0.25, 0.3) is 5.22 Å². The molecule has 30 heavy (non-hydrogen) atoms. The summed E-state index contributed by atoms with van der Waals surface area (Å²) in [4.78, 5) is 17.2. The van der Waals surface area contributed by atoms with Crippen LogP contribution in [0.15, 0.2) is 64.2 Å². The molecule has 0 bridgehead atoms. The minimum absolute atomic E-state index is 0.0990. The van der Waals surface area contributed by atoms with Gasteiger partial charge in [0.2, 0.25) is 11.8 Å². The first kappa shape index (κ1) is 20.9. The van der Waals surface area contributed by atoms with Gasteiger partial charge >= 0.3 is 0 Å². The lowest BCUT2D eigenvalue weighted by Crippen LogP contribution is -2.50. The van der Waals surface area contributed by atoms with Gasteiger partial charge in [0.1, 0.15) is 0 Å². The molecule has 2 aromatic carbocycles. The maximum absolute atomic E-state index is 12.9. The molecule has 156 valence electrons. The maximum Gasteiger partial charge on any atom is 0.277 e. The molecule has 1 aromatic heterocycles. The summed E-state index contributed by atoms with van der Waals surface area (Å²) in [6.45, 7) is 6.01. The third-order valence-corrected chi connectivity index (χ3v) is 6.19. The van der Waals surface area contributed by atoms with Crippen molar-refractivity contribution in [1.82, 2.24) is 20.0 Å². The second-order valence-electron chi connectivity index (χ2n) is 7.23. The van der Waals surface area contributed by atoms with Gasteiger partial charge in [-0.2, -0.15) is 0 Å². The maximum atomic E-state index is 12.9. The van der Waals surface area contributed by atoms with Gasteiger partial charge in [-0.3, -0.25) is 9.69 Å². The molecule has 1 amide bonds. The van der Waals surface area contributed by atoms with E-state index in [0.717, 1.165) is 38.3 Å². The predicted molar refractivity (Wildman–Crippen MR) is 118 cm³/mol. The summed E-state index contributed by atoms with van der Waals surface area (Å²) in [6.07, 6.45) is 0. The first-order valence-corrected chi connectivity index (χ1v) is 11.2. The summed E-state index contributed by atoms with van der Waals surface area (Å²) in [5.41, 5.74) is 2.06. The number of amides is 1. The molecule has 0 radical (unpaired) electrons. The summed E-state index contributed by atoms with van der Waals surface area (Å²) in [5.74, 6) is 0.496. The van der Waals surface area contributed by atoms with Crippen molar-refractivity contribution in [2.45, 2.75) is 23.9 Å². The van der Waals surface area contributed by atoms with Crippen LogP contribution in [0.2, 0.25) is 5.02 Å². The largest absolute Gasteiger partial charge is 0.411 e. The Kier molecular flexibility index (Phi) is 6.72. The number of thioether (sulfide) groups is 1. The van der Waals surface area contributed by atoms with Crippen LogP contribution in [0.3, 0.4) is 0 Å². The average molecular weight is 443 g/mol. The Morgan fingerprint density at radius 1 is 1.10 bits per heavy atom. The Labute approximate surface area is 185 Å². The summed E-state index contributed by atoms with van der Waals surface area (Å²) < 4.78 is 5.72. The predicted octanol–water partition coefficient (Wildman–Crippen LogP) is 4.22. The minimum Gasteiger partial charge on any atom is -0.411 e. The van der Waals surface area contributed by atoms with Crippen LogP contribution in [0.25, 0.3) is 11.5 Å². The van der Waals surface area contributed by atoms with Crippen molar-refractivity contribution in [3.05, 3.63) is 65.2 Å². The molecule has 8 heteroatoms. The van der Waals surface area contributed by atoms with Crippen molar-refractivity contribution in [2.75, 3.05) is 26.2 Å². The fourth-order valence-electron chi connectivity index (χ4n) is 3.42. The second kappa shape index (κ2) is 9.64. The van der Waals surface area contributed by atoms with Crippen LogP contribution >= 0.6 is 23.4 Å². The standard InChI is InChI=1S/C22H23ClN4O2S/c1-16(30-22-25-24-20(29-22)18-8-5-9-19(23)14-18)21(28)27-12-10-26(11-13-27)15-17-6-3-2-4-7-17/h2-9,14,16H,10-13,15H2,1H3/t16-/m1/s1. The van der Waals surface area contributed by atoms with Crippen LogP contribution in [-0.2, 0) is 11.3 Å². The highest BCUT2D eigenvalue weighted by atomic mass is 35.5. The van der Waals surface area contributed by atoms with Gasteiger partial charge < -0.3 is 9.32 Å². The summed E-state index contributed by atoms with van der Waals surface area (Å²) in [7, 11) is 0. The topological polar surface area (TPSA) is 62.5 Å². The number of hydrogen-bond donors (Lipinski definition) is 0. The van der Waals surface area contributed by atoms with Gasteiger partial charge in [0.15, 0.2) is 0 Å². The van der Waals surface area contributed by atoms with Crippen LogP contribution in [0, 0.1) is 0 Å². The van der Waals surface area contributed by atoms with Crippen LogP contribution in [0.1, 0.15) is 12.5 Å². The number of carbonyl (C=O) groups is 1. The number of nitrogens with zero attached hydrogens (tertiary/aromatic N) is 4. The van der Waals surface area contributed by atoms with E-state index in [1.807, 2.05) is 30.0 Å². The van der Waals surface area contributed by atoms with Crippen molar-refractivity contribution in [3.8, 4) is 11.5 Å². The number of carbonyl (C=O) groups excluding carboxylic acids is 1. The van der Waals surface area contributed by atoms with Crippen LogP contribution < -0.4 is 0 Å². The molecule has 0 saturated carbocycles. The highest BCUT2D eigenvalue weighted by Gasteiger charge is 2.27. The normalized spacial score (nSPS) is 15.9. The van der Waals surface area contributed by atoms with E-state index in [4.69, 9.17) is 16.0 Å². The zero-order valence-electron chi connectivity index (χ0n) is 16.7. The molecule has 4 rings (SSSR count). The van der Waals surface area contributed by atoms with Crippen LogP contribution in [-0.4, -0.2) is 57.3 Å². The Balaban J connectivity index is 1.29. The van der Waals surface area contributed by atoms with E-state index in [1.165, 1.54) is 17.3 Å². The van der Waals surface area contributed by atoms with Gasteiger partial charge in [-0.05, 0) is 30.7 Å². The molecule has 2 heterocycles. The van der Waals surface area contributed by atoms with E-state index >= 15 is 0 Å². The Morgan fingerprint density at radius 3 is 2.60 bits per heavy atom. The number of hydrogen-bond acceptors (Lipinski definition) is 6. The lowest BCUT2D eigenvalue weighted by molar-refractivity contribution is -0.132. The molecular formula is C22H23ClN4O2S. The molecule has 1 saturated heterocycles. The van der Waals surface area contributed by atoms with Gasteiger partial charge in [-0.1, -0.05) is 59.8 Å². The molecule has 1 aliphatic heterocycles. The molecule has 3 aromatic rings. The Bertz CT molecular complexity index is 990. The molecule has 0 aliphatic carbocycles. The number of rotatable bonds is 6. The van der Waals surface area contributed by atoms with E-state index < -0.39 is 0 Å². The number of halogens is 1. The molecular weight excluding hydrogens is 420 g/mol. The van der Waals surface area contributed by atoms with E-state index in [0.29, 0.717) is 16.1 Å². The van der Waals surface area contributed by atoms with Gasteiger partial charge in [0.05, 0.1) is 5.25 Å². The van der Waals surface area contributed by atoms with Gasteiger partial charge in [0, 0.05) is 43.3 Å². The monoisotopic (exact) mass is 442 g/mol. The van der Waals surface area contributed by atoms with Crippen molar-refractivity contribution in [3.63, 3.8) is 0 Å². The van der Waals surface area contributed by atoms with E-state index in [-0.39, 0.29) is 11.2 Å². The first-order valence-electron chi connectivity index (χ1n) is 9.89. The van der Waals surface area contributed by atoms with E-state index in [2.05, 4.69) is 39.4 Å². The van der Waals surface area contributed by atoms with Crippen molar-refractivity contribution in [2.24, 2.45) is 0 Å². The highest BCUT2D eigenvalue weighted by molar-refractivity contribution is 8.00. The molecule has 1 atom stereocenters. The molecule has 0 N–H and O–H groups in total. The second-order valence-corrected chi connectivity index (χ2v) is 8.96. The van der Waals surface area contributed by atoms with Crippen molar-refractivity contribution in [1.29, 1.82) is 0 Å².